The number of benzene rings is 13. The number of para-hydroxylation sites is 4. The van der Waals surface area contributed by atoms with Crippen molar-refractivity contribution in [3.05, 3.63) is 291 Å². The molecule has 2 heteroatoms. The van der Waals surface area contributed by atoms with E-state index in [-0.39, 0.29) is 5.41 Å². The van der Waals surface area contributed by atoms with Crippen LogP contribution in [0.1, 0.15) is 26.3 Å². The first-order valence-electron chi connectivity index (χ1n) is 27.9. The minimum atomic E-state index is -0.0210. The molecule has 15 aromatic rings. The van der Waals surface area contributed by atoms with Crippen LogP contribution in [0, 0.1) is 0 Å². The second kappa shape index (κ2) is 18.9. The molecule has 0 amide bonds. The quantitative estimate of drug-likeness (QED) is 0.134. The van der Waals surface area contributed by atoms with Crippen LogP contribution in [-0.4, -0.2) is 9.13 Å². The lowest BCUT2D eigenvalue weighted by molar-refractivity contribution is 0.591. The largest absolute Gasteiger partial charge is 0.309 e. The monoisotopic (exact) mass is 1020 g/mol. The summed E-state index contributed by atoms with van der Waals surface area (Å²) in [6.07, 6.45) is 0. The highest BCUT2D eigenvalue weighted by molar-refractivity contribution is 6.22. The van der Waals surface area contributed by atoms with E-state index in [4.69, 9.17) is 0 Å². The van der Waals surface area contributed by atoms with Crippen molar-refractivity contribution in [1.82, 2.24) is 9.13 Å². The smallest absolute Gasteiger partial charge is 0.0541 e. The standard InChI is InChI=1S/C78H56N2/c1-78(2,3)61-44-45-68-71(50-61)77(58-40-36-54(37-41-58)52-28-32-56(33-29-52)60-43-47-75-70(49-60)65-21-13-15-25-73(65)80(75)63-18-8-5-9-19-63)67-23-11-10-22-66(67)76(68)57-38-34-53(35-39-57)51-26-30-55(31-27-51)59-42-46-74-69(48-59)64-20-12-14-24-72(64)79(74)62-16-6-4-7-17-62/h4-50H,1-3H3. The van der Waals surface area contributed by atoms with E-state index in [1.807, 2.05) is 0 Å². The Hall–Kier alpha value is -10.0. The van der Waals surface area contributed by atoms with Crippen molar-refractivity contribution >= 4 is 65.2 Å². The third-order valence-electron chi connectivity index (χ3n) is 16.7. The van der Waals surface area contributed by atoms with Crippen LogP contribution in [0.15, 0.2) is 285 Å². The normalized spacial score (nSPS) is 11.9. The lowest BCUT2D eigenvalue weighted by Gasteiger charge is -2.23. The van der Waals surface area contributed by atoms with Gasteiger partial charge in [0.25, 0.3) is 0 Å². The van der Waals surface area contributed by atoms with Crippen LogP contribution >= 0.6 is 0 Å². The molecule has 2 nitrogen and oxygen atoms in total. The molecule has 0 aliphatic carbocycles. The zero-order valence-electron chi connectivity index (χ0n) is 45.0. The first kappa shape index (κ1) is 47.2. The van der Waals surface area contributed by atoms with Gasteiger partial charge in [0, 0.05) is 32.9 Å². The second-order valence-electron chi connectivity index (χ2n) is 22.5. The summed E-state index contributed by atoms with van der Waals surface area (Å²) in [4.78, 5) is 0. The van der Waals surface area contributed by atoms with Gasteiger partial charge in [-0.3, -0.25) is 0 Å². The van der Waals surface area contributed by atoms with Crippen molar-refractivity contribution in [2.24, 2.45) is 0 Å². The molecule has 13 aromatic carbocycles. The summed E-state index contributed by atoms with van der Waals surface area (Å²) in [5, 5.41) is 10.1. The highest BCUT2D eigenvalue weighted by Gasteiger charge is 2.22. The van der Waals surface area contributed by atoms with Gasteiger partial charge >= 0.3 is 0 Å². The van der Waals surface area contributed by atoms with Crippen LogP contribution in [0.25, 0.3) is 143 Å². The molecule has 15 rings (SSSR count). The molecule has 2 heterocycles. The lowest BCUT2D eigenvalue weighted by atomic mass is 9.81. The summed E-state index contributed by atoms with van der Waals surface area (Å²) in [6.45, 7) is 6.94. The molecule has 0 unspecified atom stereocenters. The molecular weight excluding hydrogens is 965 g/mol. The molecule has 0 saturated carbocycles. The maximum absolute atomic E-state index is 2.46. The van der Waals surface area contributed by atoms with Crippen LogP contribution in [0.2, 0.25) is 0 Å². The summed E-state index contributed by atoms with van der Waals surface area (Å²) in [7, 11) is 0. The Kier molecular flexibility index (Phi) is 11.1. The van der Waals surface area contributed by atoms with Gasteiger partial charge in [-0.15, -0.1) is 0 Å². The molecule has 0 saturated heterocycles. The molecule has 0 spiro atoms. The van der Waals surface area contributed by atoms with Gasteiger partial charge in [0.1, 0.15) is 0 Å². The summed E-state index contributed by atoms with van der Waals surface area (Å²) >= 11 is 0. The Morgan fingerprint density at radius 3 is 0.912 bits per heavy atom. The van der Waals surface area contributed by atoms with Crippen LogP contribution in [-0.2, 0) is 5.41 Å². The van der Waals surface area contributed by atoms with Gasteiger partial charge in [0.05, 0.1) is 22.1 Å². The third-order valence-corrected chi connectivity index (χ3v) is 16.7. The Morgan fingerprint density at radius 1 is 0.212 bits per heavy atom. The fourth-order valence-corrected chi connectivity index (χ4v) is 12.7. The molecule has 0 aliphatic rings. The van der Waals surface area contributed by atoms with E-state index < -0.39 is 0 Å². The van der Waals surface area contributed by atoms with Crippen LogP contribution < -0.4 is 0 Å². The van der Waals surface area contributed by atoms with E-state index >= 15 is 0 Å². The van der Waals surface area contributed by atoms with Gasteiger partial charge in [-0.05, 0) is 166 Å². The third kappa shape index (κ3) is 7.94. The number of rotatable bonds is 8. The van der Waals surface area contributed by atoms with E-state index in [2.05, 4.69) is 315 Å². The Morgan fingerprint density at radius 2 is 0.512 bits per heavy atom. The predicted octanol–water partition coefficient (Wildman–Crippen LogP) is 21.5. The summed E-state index contributed by atoms with van der Waals surface area (Å²) in [6, 6.07) is 105. The molecule has 2 aromatic heterocycles. The van der Waals surface area contributed by atoms with Gasteiger partial charge in [-0.1, -0.05) is 239 Å². The van der Waals surface area contributed by atoms with Crippen molar-refractivity contribution in [3.8, 4) is 78.1 Å². The van der Waals surface area contributed by atoms with Gasteiger partial charge in [-0.25, -0.2) is 0 Å². The molecule has 0 fully saturated rings. The fourth-order valence-electron chi connectivity index (χ4n) is 12.7. The number of hydrogen-bond acceptors (Lipinski definition) is 0. The minimum Gasteiger partial charge on any atom is -0.309 e. The minimum absolute atomic E-state index is 0.0210. The van der Waals surface area contributed by atoms with E-state index in [1.54, 1.807) is 0 Å². The van der Waals surface area contributed by atoms with Gasteiger partial charge in [0.2, 0.25) is 0 Å². The number of fused-ring (bicyclic) bond motifs is 8. The Bertz CT molecular complexity index is 4840. The molecule has 80 heavy (non-hydrogen) atoms. The molecule has 378 valence electrons. The maximum atomic E-state index is 2.46. The fraction of sp³-hybridized carbons (Fsp3) is 0.0513. The second-order valence-corrected chi connectivity index (χ2v) is 22.5. The molecular formula is C78H56N2. The van der Waals surface area contributed by atoms with E-state index in [9.17, 15) is 0 Å². The van der Waals surface area contributed by atoms with Crippen molar-refractivity contribution in [3.63, 3.8) is 0 Å². The number of hydrogen-bond donors (Lipinski definition) is 0. The zero-order valence-corrected chi connectivity index (χ0v) is 45.0. The molecule has 0 radical (unpaired) electrons. The van der Waals surface area contributed by atoms with Crippen molar-refractivity contribution in [2.45, 2.75) is 26.2 Å². The van der Waals surface area contributed by atoms with Crippen LogP contribution in [0.3, 0.4) is 0 Å². The Balaban J connectivity index is 0.745. The summed E-state index contributed by atoms with van der Waals surface area (Å²) in [5.41, 5.74) is 23.1. The van der Waals surface area contributed by atoms with Crippen LogP contribution in [0.5, 0.6) is 0 Å². The Labute approximate surface area is 466 Å². The average molecular weight is 1020 g/mol. The number of nitrogens with zero attached hydrogens (tertiary/aromatic N) is 2. The zero-order chi connectivity index (χ0) is 53.5. The van der Waals surface area contributed by atoms with Crippen molar-refractivity contribution < 1.29 is 0 Å². The number of aromatic nitrogens is 2. The highest BCUT2D eigenvalue weighted by atomic mass is 15.0. The average Bonchev–Trinajstić information content (AvgIpc) is 4.21. The SMILES string of the molecule is CC(C)(C)c1ccc2c(-c3ccc(-c4ccc(-c5ccc6c(c5)c5ccccc5n6-c5ccccc5)cc4)cc3)c3ccccc3c(-c3ccc(-c4ccc(-c5ccc6c(c5)c5ccccc5n6-c5ccccc5)cc4)cc3)c2c1. The van der Waals surface area contributed by atoms with E-state index in [0.29, 0.717) is 0 Å². The lowest BCUT2D eigenvalue weighted by Crippen LogP contribution is -2.10. The van der Waals surface area contributed by atoms with Crippen molar-refractivity contribution in [2.75, 3.05) is 0 Å². The predicted molar refractivity (Wildman–Crippen MR) is 341 cm³/mol. The van der Waals surface area contributed by atoms with E-state index in [1.165, 1.54) is 149 Å². The molecule has 0 N–H and O–H groups in total. The molecule has 0 bridgehead atoms. The first-order valence-corrected chi connectivity index (χ1v) is 27.9. The topological polar surface area (TPSA) is 9.86 Å². The first-order chi connectivity index (χ1) is 39.3. The maximum Gasteiger partial charge on any atom is 0.0541 e. The molecule has 0 aliphatic heterocycles. The van der Waals surface area contributed by atoms with Crippen LogP contribution in [0.4, 0.5) is 0 Å². The van der Waals surface area contributed by atoms with Gasteiger partial charge in [-0.2, -0.15) is 0 Å². The van der Waals surface area contributed by atoms with Gasteiger partial charge < -0.3 is 9.13 Å². The highest BCUT2D eigenvalue weighted by Crippen LogP contribution is 2.46. The molecule has 0 atom stereocenters. The van der Waals surface area contributed by atoms with Gasteiger partial charge in [0.15, 0.2) is 0 Å². The summed E-state index contributed by atoms with van der Waals surface area (Å²) in [5.74, 6) is 0. The van der Waals surface area contributed by atoms with Crippen molar-refractivity contribution in [1.29, 1.82) is 0 Å². The van der Waals surface area contributed by atoms with E-state index in [0.717, 1.165) is 0 Å². The summed E-state index contributed by atoms with van der Waals surface area (Å²) < 4.78 is 4.75.